The maximum Gasteiger partial charge on any atom is 0.229 e. The minimum Gasteiger partial charge on any atom is -0.507 e. The Hall–Kier alpha value is -5.86. The van der Waals surface area contributed by atoms with Gasteiger partial charge in [-0.3, -0.25) is 0 Å². The van der Waals surface area contributed by atoms with Crippen molar-refractivity contribution in [2.75, 3.05) is 5.73 Å². The van der Waals surface area contributed by atoms with Gasteiger partial charge in [0.25, 0.3) is 0 Å². The quantitative estimate of drug-likeness (QED) is 0.118. The molecule has 10 aromatic rings. The number of pyridine rings is 2. The Bertz CT molecular complexity index is 3130. The summed E-state index contributed by atoms with van der Waals surface area (Å²) < 4.78 is 7.76. The van der Waals surface area contributed by atoms with Gasteiger partial charge in [-0.2, -0.15) is 0 Å². The highest BCUT2D eigenvalue weighted by molar-refractivity contribution is 7.25. The van der Waals surface area contributed by atoms with Gasteiger partial charge in [0.05, 0.1) is 48.7 Å². The number of rotatable bonds is 0. The number of fused-ring (bicyclic) bond motifs is 12. The van der Waals surface area contributed by atoms with E-state index < -0.39 is 0 Å². The van der Waals surface area contributed by atoms with Crippen LogP contribution in [0.4, 0.5) is 5.69 Å². The third-order valence-corrected chi connectivity index (χ3v) is 12.3. The lowest BCUT2D eigenvalue weighted by atomic mass is 9.85. The summed E-state index contributed by atoms with van der Waals surface area (Å²) in [6, 6.07) is 25.0. The van der Waals surface area contributed by atoms with E-state index in [1.54, 1.807) is 11.3 Å². The smallest absolute Gasteiger partial charge is 0.229 e. The van der Waals surface area contributed by atoms with Crippen molar-refractivity contribution in [2.24, 2.45) is 0 Å². The van der Waals surface area contributed by atoms with Crippen LogP contribution in [-0.4, -0.2) is 25.0 Å². The van der Waals surface area contributed by atoms with Crippen LogP contribution >= 0.6 is 11.3 Å². The van der Waals surface area contributed by atoms with E-state index in [2.05, 4.69) is 116 Å². The Morgan fingerprint density at radius 3 is 1.80 bits per heavy atom. The predicted octanol–water partition coefficient (Wildman–Crippen LogP) is 12.4. The Labute approximate surface area is 315 Å². The molecule has 0 atom stereocenters. The number of hydrogen-bond acceptors (Lipinski definition) is 8. The predicted molar refractivity (Wildman–Crippen MR) is 227 cm³/mol. The lowest BCUT2D eigenvalue weighted by molar-refractivity contribution is 0.487. The van der Waals surface area contributed by atoms with E-state index in [1.165, 1.54) is 0 Å². The molecule has 0 spiro atoms. The molecule has 0 unspecified atom stereocenters. The fourth-order valence-corrected chi connectivity index (χ4v) is 8.94. The van der Waals surface area contributed by atoms with Crippen molar-refractivity contribution in [1.82, 2.24) is 19.9 Å². The van der Waals surface area contributed by atoms with Gasteiger partial charge in [0.15, 0.2) is 5.58 Å². The standard InChI is InChI=1S/C46H39N5O2S/c1-21-15-25-16-22(2)42-39-34(25)38-41(21)53-43(50-38)30-19-26(45(3,4)5)17-28(35(30)47)32-13-11-23-9-10-24-12-14-33(49-37(24)36(23)48-32)29-18-27(46(6,7)8)20-31(40(29)52)44(51-39)54-42/h9-20,52H,47H2,1-8H3. The fraction of sp³-hybridized carbons (Fsp3) is 0.217. The van der Waals surface area contributed by atoms with Crippen molar-refractivity contribution in [3.63, 3.8) is 0 Å². The molecule has 266 valence electrons. The summed E-state index contributed by atoms with van der Waals surface area (Å²) in [4.78, 5) is 21.9. The zero-order valence-electron chi connectivity index (χ0n) is 31.6. The summed E-state index contributed by atoms with van der Waals surface area (Å²) in [7, 11) is 0. The maximum absolute atomic E-state index is 12.3. The molecule has 5 aromatic heterocycles. The van der Waals surface area contributed by atoms with Gasteiger partial charge in [-0.25, -0.2) is 19.9 Å². The molecule has 54 heavy (non-hydrogen) atoms. The van der Waals surface area contributed by atoms with Crippen LogP contribution in [0.3, 0.4) is 0 Å². The maximum atomic E-state index is 12.3. The molecule has 5 heterocycles. The number of benzene rings is 5. The molecule has 0 saturated carbocycles. The summed E-state index contributed by atoms with van der Waals surface area (Å²) in [6.07, 6.45) is 0. The van der Waals surface area contributed by atoms with Crippen molar-refractivity contribution < 1.29 is 9.52 Å². The first-order valence-corrected chi connectivity index (χ1v) is 19.1. The number of nitrogens with two attached hydrogens (primary N) is 1. The summed E-state index contributed by atoms with van der Waals surface area (Å²) in [5.41, 5.74) is 17.1. The molecule has 8 heteroatoms. The summed E-state index contributed by atoms with van der Waals surface area (Å²) >= 11 is 1.58. The molecule has 0 aliphatic carbocycles. The lowest BCUT2D eigenvalue weighted by Crippen LogP contribution is -2.11. The third kappa shape index (κ3) is 4.72. The lowest BCUT2D eigenvalue weighted by Gasteiger charge is -2.20. The first-order chi connectivity index (χ1) is 25.6. The number of oxazole rings is 1. The monoisotopic (exact) mass is 725 g/mol. The highest BCUT2D eigenvalue weighted by atomic mass is 32.1. The van der Waals surface area contributed by atoms with Crippen LogP contribution in [0.5, 0.6) is 5.75 Å². The molecule has 12 bridgehead atoms. The van der Waals surface area contributed by atoms with E-state index in [0.29, 0.717) is 33.3 Å². The average molecular weight is 726 g/mol. The van der Waals surface area contributed by atoms with Gasteiger partial charge >= 0.3 is 0 Å². The van der Waals surface area contributed by atoms with Gasteiger partial charge in [0.1, 0.15) is 16.1 Å². The zero-order chi connectivity index (χ0) is 37.6. The summed E-state index contributed by atoms with van der Waals surface area (Å²) in [5.74, 6) is 0.144. The van der Waals surface area contributed by atoms with E-state index in [4.69, 9.17) is 30.1 Å². The Morgan fingerprint density at radius 2 is 1.15 bits per heavy atom. The molecule has 7 nitrogen and oxygen atoms in total. The van der Waals surface area contributed by atoms with E-state index in [9.17, 15) is 5.11 Å². The summed E-state index contributed by atoms with van der Waals surface area (Å²) in [5, 5.41) is 19.0. The van der Waals surface area contributed by atoms with Crippen LogP contribution in [0.2, 0.25) is 0 Å². The van der Waals surface area contributed by atoms with Crippen molar-refractivity contribution in [3.8, 4) is 5.75 Å². The van der Waals surface area contributed by atoms with Crippen molar-refractivity contribution in [3.05, 3.63) is 95.1 Å². The molecule has 0 amide bonds. The third-order valence-electron chi connectivity index (χ3n) is 11.0. The molecule has 10 rings (SSSR count). The van der Waals surface area contributed by atoms with Crippen LogP contribution in [0.1, 0.15) is 63.8 Å². The first kappa shape index (κ1) is 32.8. The van der Waals surface area contributed by atoms with Gasteiger partial charge < -0.3 is 15.3 Å². The van der Waals surface area contributed by atoms with E-state index >= 15 is 0 Å². The van der Waals surface area contributed by atoms with Crippen molar-refractivity contribution >= 4 is 114 Å². The van der Waals surface area contributed by atoms with E-state index in [1.807, 2.05) is 12.1 Å². The second kappa shape index (κ2) is 10.9. The number of thiazole rings is 1. The SMILES string of the molecule is Cc1cc2cc(C)c3sc4nc3c2c2nc(oc12)c1cc(C(C)(C)C)cc(c1N)c1ccc2ccc3ccc(nc3c2n1)c1cc(C(C)(C)C)cc4c1O. The van der Waals surface area contributed by atoms with Crippen LogP contribution < -0.4 is 5.73 Å². The van der Waals surface area contributed by atoms with Crippen LogP contribution in [-0.2, 0) is 10.8 Å². The van der Waals surface area contributed by atoms with Gasteiger partial charge in [-0.1, -0.05) is 65.8 Å². The first-order valence-electron chi connectivity index (χ1n) is 18.3. The number of hydrogen-bond donors (Lipinski definition) is 2. The number of aryl methyl sites for hydroxylation is 2. The Kier molecular flexibility index (Phi) is 6.59. The normalized spacial score (nSPS) is 13.0. The van der Waals surface area contributed by atoms with E-state index in [-0.39, 0.29) is 16.6 Å². The van der Waals surface area contributed by atoms with Crippen LogP contribution in [0, 0.1) is 13.8 Å². The average Bonchev–Trinajstić information content (AvgIpc) is 3.77. The molecular weight excluding hydrogens is 687 g/mol. The number of nitrogens with zero attached hydrogens (tertiary/aromatic N) is 4. The number of phenols is 1. The Balaban J connectivity index is 1.53. The van der Waals surface area contributed by atoms with Crippen molar-refractivity contribution in [2.45, 2.75) is 66.2 Å². The van der Waals surface area contributed by atoms with E-state index in [0.717, 1.165) is 91.7 Å². The Morgan fingerprint density at radius 1 is 0.593 bits per heavy atom. The molecule has 0 aliphatic heterocycles. The number of aromatic hydroxyl groups is 1. The van der Waals surface area contributed by atoms with Gasteiger partial charge in [-0.15, -0.1) is 11.3 Å². The summed E-state index contributed by atoms with van der Waals surface area (Å²) in [6.45, 7) is 17.3. The second-order valence-corrected chi connectivity index (χ2v) is 17.9. The molecule has 0 radical (unpaired) electrons. The second-order valence-electron chi connectivity index (χ2n) is 16.9. The minimum absolute atomic E-state index is 0.144. The molecular formula is C46H39N5O2S. The fourth-order valence-electron chi connectivity index (χ4n) is 7.88. The largest absolute Gasteiger partial charge is 0.507 e. The zero-order valence-corrected chi connectivity index (χ0v) is 32.4. The van der Waals surface area contributed by atoms with Crippen LogP contribution in [0.15, 0.2) is 77.2 Å². The number of nitrogen functional groups attached to an aromatic ring is 1. The number of phenolic OH excluding ortho intramolecular Hbond substituents is 1. The molecule has 0 saturated heterocycles. The van der Waals surface area contributed by atoms with Gasteiger partial charge in [0.2, 0.25) is 5.71 Å². The molecule has 3 N–H and O–H groups in total. The van der Waals surface area contributed by atoms with Gasteiger partial charge in [0, 0.05) is 26.9 Å². The highest BCUT2D eigenvalue weighted by Crippen LogP contribution is 2.43. The molecule has 5 aromatic carbocycles. The van der Waals surface area contributed by atoms with Crippen molar-refractivity contribution in [1.29, 1.82) is 0 Å². The number of anilines is 1. The van der Waals surface area contributed by atoms with Crippen LogP contribution in [0.25, 0.3) is 97.0 Å². The molecule has 0 aliphatic rings. The highest BCUT2D eigenvalue weighted by Gasteiger charge is 2.23. The minimum atomic E-state index is -0.216. The van der Waals surface area contributed by atoms with Gasteiger partial charge in [-0.05, 0) is 101 Å². The molecule has 0 fully saturated rings. The number of aromatic nitrogens is 4. The topological polar surface area (TPSA) is 111 Å².